The van der Waals surface area contributed by atoms with Gasteiger partial charge in [-0.2, -0.15) is 0 Å². The van der Waals surface area contributed by atoms with Crippen LogP contribution in [0.5, 0.6) is 5.75 Å². The van der Waals surface area contributed by atoms with E-state index >= 15 is 0 Å². The van der Waals surface area contributed by atoms with E-state index in [0.717, 1.165) is 18.5 Å². The average molecular weight is 288 g/mol. The fourth-order valence-corrected chi connectivity index (χ4v) is 3.26. The number of carbonyl (C=O) groups excluding carboxylic acids is 1. The predicted octanol–water partition coefficient (Wildman–Crippen LogP) is 3.04. The summed E-state index contributed by atoms with van der Waals surface area (Å²) in [6.45, 7) is 1.74. The Morgan fingerprint density at radius 3 is 2.90 bits per heavy atom. The lowest BCUT2D eigenvalue weighted by atomic mass is 10.3. The normalized spacial score (nSPS) is 14.7. The molecule has 4 nitrogen and oxygen atoms in total. The van der Waals surface area contributed by atoms with Crippen LogP contribution in [0.15, 0.2) is 30.3 Å². The van der Waals surface area contributed by atoms with Crippen molar-refractivity contribution in [3.8, 4) is 5.75 Å². The van der Waals surface area contributed by atoms with Gasteiger partial charge in [0.2, 0.25) is 0 Å². The molecule has 1 aliphatic carbocycles. The molecule has 1 heterocycles. The summed E-state index contributed by atoms with van der Waals surface area (Å²) in [7, 11) is 0. The molecule has 1 aromatic heterocycles. The smallest absolute Gasteiger partial charge is 0.266 e. The van der Waals surface area contributed by atoms with Crippen LogP contribution in [0.3, 0.4) is 0 Å². The molecule has 0 bridgehead atoms. The lowest BCUT2D eigenvalue weighted by Gasteiger charge is -2.13. The van der Waals surface area contributed by atoms with E-state index < -0.39 is 6.10 Å². The first-order chi connectivity index (χ1) is 9.72. The molecule has 104 valence electrons. The van der Waals surface area contributed by atoms with Crippen LogP contribution in [0, 0.1) is 0 Å². The van der Waals surface area contributed by atoms with Crippen molar-refractivity contribution in [2.75, 3.05) is 5.32 Å². The van der Waals surface area contributed by atoms with Crippen LogP contribution in [0.25, 0.3) is 0 Å². The van der Waals surface area contributed by atoms with Crippen LogP contribution in [0.2, 0.25) is 0 Å². The molecular weight excluding hydrogens is 272 g/mol. The van der Waals surface area contributed by atoms with E-state index in [1.54, 1.807) is 18.3 Å². The van der Waals surface area contributed by atoms with Gasteiger partial charge in [0, 0.05) is 4.88 Å². The number of benzene rings is 1. The maximum absolute atomic E-state index is 12.1. The zero-order chi connectivity index (χ0) is 13.9. The number of thiazole rings is 1. The number of rotatable bonds is 4. The highest BCUT2D eigenvalue weighted by atomic mass is 32.1. The van der Waals surface area contributed by atoms with Gasteiger partial charge in [0.25, 0.3) is 5.91 Å². The zero-order valence-electron chi connectivity index (χ0n) is 11.3. The molecule has 5 heteroatoms. The Kier molecular flexibility index (Phi) is 3.69. The predicted molar refractivity (Wildman–Crippen MR) is 79.3 cm³/mol. The molecule has 0 fully saturated rings. The second-order valence-electron chi connectivity index (χ2n) is 4.80. The van der Waals surface area contributed by atoms with E-state index in [-0.39, 0.29) is 5.91 Å². The number of carbonyl (C=O) groups is 1. The maximum Gasteiger partial charge on any atom is 0.266 e. The van der Waals surface area contributed by atoms with Crippen molar-refractivity contribution in [2.45, 2.75) is 32.3 Å². The Balaban J connectivity index is 1.60. The Morgan fingerprint density at radius 1 is 1.35 bits per heavy atom. The van der Waals surface area contributed by atoms with Gasteiger partial charge < -0.3 is 4.74 Å². The standard InChI is InChI=1S/C15H16N2O2S/c1-10(19-11-6-3-2-4-7-11)14(18)17-15-16-12-8-5-9-13(12)20-15/h2-4,6-7,10H,5,8-9H2,1H3,(H,16,17,18). The fraction of sp³-hybridized carbons (Fsp3) is 0.333. The van der Waals surface area contributed by atoms with Gasteiger partial charge in [-0.25, -0.2) is 4.98 Å². The van der Waals surface area contributed by atoms with Gasteiger partial charge in [-0.1, -0.05) is 18.2 Å². The van der Waals surface area contributed by atoms with Gasteiger partial charge in [0.05, 0.1) is 5.69 Å². The van der Waals surface area contributed by atoms with Crippen LogP contribution in [0.4, 0.5) is 5.13 Å². The molecule has 0 aliphatic heterocycles. The molecule has 0 saturated heterocycles. The first-order valence-corrected chi connectivity index (χ1v) is 7.55. The minimum absolute atomic E-state index is 0.165. The molecule has 1 amide bonds. The highest BCUT2D eigenvalue weighted by Gasteiger charge is 2.20. The van der Waals surface area contributed by atoms with Crippen molar-refractivity contribution in [3.63, 3.8) is 0 Å². The number of hydrogen-bond acceptors (Lipinski definition) is 4. The second kappa shape index (κ2) is 5.63. The average Bonchev–Trinajstić information content (AvgIpc) is 3.00. The summed E-state index contributed by atoms with van der Waals surface area (Å²) in [6.07, 6.45) is 2.74. The van der Waals surface area contributed by atoms with E-state index in [9.17, 15) is 4.79 Å². The van der Waals surface area contributed by atoms with Crippen LogP contribution in [0.1, 0.15) is 23.9 Å². The number of anilines is 1. The van der Waals surface area contributed by atoms with Gasteiger partial charge in [-0.3, -0.25) is 10.1 Å². The summed E-state index contributed by atoms with van der Waals surface area (Å²) in [5, 5.41) is 3.52. The first kappa shape index (κ1) is 13.1. The van der Waals surface area contributed by atoms with Crippen molar-refractivity contribution in [1.29, 1.82) is 0 Å². The van der Waals surface area contributed by atoms with E-state index in [1.807, 2.05) is 30.3 Å². The summed E-state index contributed by atoms with van der Waals surface area (Å²) >= 11 is 1.58. The number of fused-ring (bicyclic) bond motifs is 1. The lowest BCUT2D eigenvalue weighted by molar-refractivity contribution is -0.122. The van der Waals surface area contributed by atoms with Crippen molar-refractivity contribution in [3.05, 3.63) is 40.9 Å². The van der Waals surface area contributed by atoms with E-state index in [4.69, 9.17) is 4.74 Å². The summed E-state index contributed by atoms with van der Waals surface area (Å²) < 4.78 is 5.59. The SMILES string of the molecule is CC(Oc1ccccc1)C(=O)Nc1nc2c(s1)CCC2. The van der Waals surface area contributed by atoms with Gasteiger partial charge in [0.1, 0.15) is 5.75 Å². The molecule has 1 N–H and O–H groups in total. The number of hydrogen-bond donors (Lipinski definition) is 1. The molecule has 0 saturated carbocycles. The third-order valence-electron chi connectivity index (χ3n) is 3.25. The Morgan fingerprint density at radius 2 is 2.15 bits per heavy atom. The number of para-hydroxylation sites is 1. The monoisotopic (exact) mass is 288 g/mol. The number of amides is 1. The largest absolute Gasteiger partial charge is 0.481 e. The van der Waals surface area contributed by atoms with Crippen LogP contribution >= 0.6 is 11.3 Å². The zero-order valence-corrected chi connectivity index (χ0v) is 12.1. The van der Waals surface area contributed by atoms with Gasteiger partial charge in [0.15, 0.2) is 11.2 Å². The molecular formula is C15H16N2O2S. The maximum atomic E-state index is 12.1. The van der Waals surface area contributed by atoms with Gasteiger partial charge in [-0.15, -0.1) is 11.3 Å². The van der Waals surface area contributed by atoms with Gasteiger partial charge >= 0.3 is 0 Å². The van der Waals surface area contributed by atoms with Crippen molar-refractivity contribution < 1.29 is 9.53 Å². The molecule has 1 unspecified atom stereocenters. The topological polar surface area (TPSA) is 51.2 Å². The molecule has 1 atom stereocenters. The molecule has 1 aromatic carbocycles. The van der Waals surface area contributed by atoms with E-state index in [2.05, 4.69) is 10.3 Å². The van der Waals surface area contributed by atoms with Crippen molar-refractivity contribution in [2.24, 2.45) is 0 Å². The molecule has 0 radical (unpaired) electrons. The third-order valence-corrected chi connectivity index (χ3v) is 4.32. The number of ether oxygens (including phenoxy) is 1. The summed E-state index contributed by atoms with van der Waals surface area (Å²) in [4.78, 5) is 17.8. The van der Waals surface area contributed by atoms with Crippen molar-refractivity contribution >= 4 is 22.4 Å². The summed E-state index contributed by atoms with van der Waals surface area (Å²) in [5.74, 6) is 0.526. The van der Waals surface area contributed by atoms with E-state index in [0.29, 0.717) is 10.9 Å². The summed E-state index contributed by atoms with van der Waals surface area (Å²) in [5.41, 5.74) is 1.14. The highest BCUT2D eigenvalue weighted by Crippen LogP contribution is 2.30. The lowest BCUT2D eigenvalue weighted by Crippen LogP contribution is -2.30. The quantitative estimate of drug-likeness (QED) is 0.940. The minimum Gasteiger partial charge on any atom is -0.481 e. The van der Waals surface area contributed by atoms with E-state index in [1.165, 1.54) is 11.3 Å². The first-order valence-electron chi connectivity index (χ1n) is 6.73. The fourth-order valence-electron chi connectivity index (χ4n) is 2.21. The Hall–Kier alpha value is -1.88. The van der Waals surface area contributed by atoms with Crippen LogP contribution in [-0.2, 0) is 17.6 Å². The highest BCUT2D eigenvalue weighted by molar-refractivity contribution is 7.15. The Labute approximate surface area is 121 Å². The summed E-state index contributed by atoms with van der Waals surface area (Å²) in [6, 6.07) is 9.34. The molecule has 3 rings (SSSR count). The third kappa shape index (κ3) is 2.82. The van der Waals surface area contributed by atoms with Gasteiger partial charge in [-0.05, 0) is 38.3 Å². The second-order valence-corrected chi connectivity index (χ2v) is 5.89. The molecule has 1 aliphatic rings. The van der Waals surface area contributed by atoms with Crippen LogP contribution in [-0.4, -0.2) is 17.0 Å². The Bertz CT molecular complexity index is 588. The molecule has 2 aromatic rings. The minimum atomic E-state index is -0.545. The van der Waals surface area contributed by atoms with Crippen LogP contribution < -0.4 is 10.1 Å². The van der Waals surface area contributed by atoms with Crippen molar-refractivity contribution in [1.82, 2.24) is 4.98 Å². The number of aromatic nitrogens is 1. The number of nitrogens with zero attached hydrogens (tertiary/aromatic N) is 1. The number of nitrogens with one attached hydrogen (secondary N) is 1. The molecule has 20 heavy (non-hydrogen) atoms. The molecule has 0 spiro atoms. The number of aryl methyl sites for hydroxylation is 2.